The lowest BCUT2D eigenvalue weighted by molar-refractivity contribution is -0.150. The van der Waals surface area contributed by atoms with E-state index in [1.807, 2.05) is 81.4 Å². The summed E-state index contributed by atoms with van der Waals surface area (Å²) in [7, 11) is -2.02. The molecule has 101 heavy (non-hydrogen) atoms. The maximum absolute atomic E-state index is 13.5. The molecule has 26 heteroatoms. The second-order valence-electron chi connectivity index (χ2n) is 24.8. The van der Waals surface area contributed by atoms with Gasteiger partial charge in [-0.25, -0.2) is 27.4 Å². The second-order valence-corrected chi connectivity index (χ2v) is 27.2. The number of aromatic nitrogens is 5. The van der Waals surface area contributed by atoms with E-state index in [1.165, 1.54) is 35.6 Å². The Bertz CT molecular complexity index is 4730. The van der Waals surface area contributed by atoms with Crippen LogP contribution in [0.25, 0.3) is 22.2 Å². The van der Waals surface area contributed by atoms with Crippen LogP contribution >= 0.6 is 11.6 Å². The first-order valence-electron chi connectivity index (χ1n) is 33.0. The Morgan fingerprint density at radius 2 is 1.36 bits per heavy atom. The molecule has 24 nitrogen and oxygen atoms in total. The molecule has 0 aliphatic carbocycles. The number of fused-ring (bicyclic) bond motifs is 2. The highest BCUT2D eigenvalue weighted by atomic mass is 35.5. The Labute approximate surface area is 589 Å². The van der Waals surface area contributed by atoms with Gasteiger partial charge in [-0.2, -0.15) is 4.98 Å². The molecule has 532 valence electrons. The van der Waals surface area contributed by atoms with Crippen LogP contribution in [0.5, 0.6) is 23.5 Å². The minimum absolute atomic E-state index is 0.00623. The second kappa shape index (κ2) is 32.7. The molecular formula is C75H82ClN7O17S. The number of sulfone groups is 1. The van der Waals surface area contributed by atoms with Crippen molar-refractivity contribution >= 4 is 67.7 Å². The minimum atomic E-state index is -3.52. The number of ketones is 1. The fraction of sp³-hybridized carbons (Fsp3) is 0.347. The Hall–Kier alpha value is -10.4. The molecule has 0 saturated heterocycles. The van der Waals surface area contributed by atoms with Crippen molar-refractivity contribution in [2.24, 2.45) is 22.8 Å². The van der Waals surface area contributed by atoms with Crippen molar-refractivity contribution in [3.63, 3.8) is 0 Å². The predicted octanol–water partition coefficient (Wildman–Crippen LogP) is 12.4. The van der Waals surface area contributed by atoms with Gasteiger partial charge in [0.05, 0.1) is 62.0 Å². The number of esters is 3. The molecule has 6 heterocycles. The van der Waals surface area contributed by atoms with Gasteiger partial charge in [-0.3, -0.25) is 23.9 Å². The van der Waals surface area contributed by atoms with Crippen LogP contribution < -0.4 is 25.3 Å². The number of hydrogen-bond acceptors (Lipinski definition) is 20. The lowest BCUT2D eigenvalue weighted by Gasteiger charge is -2.27. The summed E-state index contributed by atoms with van der Waals surface area (Å²) < 4.78 is 66.9. The van der Waals surface area contributed by atoms with E-state index >= 15 is 0 Å². The average Bonchev–Trinajstić information content (AvgIpc) is 1.67. The van der Waals surface area contributed by atoms with E-state index in [4.69, 9.17) is 54.1 Å². The van der Waals surface area contributed by atoms with E-state index in [0.717, 1.165) is 46.9 Å². The third-order valence-corrected chi connectivity index (χ3v) is 17.9. The molecular weight excluding hydrogens is 1340 g/mol. The van der Waals surface area contributed by atoms with Crippen LogP contribution in [0, 0.1) is 19.3 Å². The highest BCUT2D eigenvalue weighted by molar-refractivity contribution is 7.90. The summed E-state index contributed by atoms with van der Waals surface area (Å²) in [4.78, 5) is 89.7. The van der Waals surface area contributed by atoms with Crippen molar-refractivity contribution in [1.82, 2.24) is 24.1 Å². The number of oxime groups is 2. The molecule has 1 N–H and O–H groups in total. The molecule has 9 aromatic rings. The van der Waals surface area contributed by atoms with Gasteiger partial charge in [0.1, 0.15) is 34.7 Å². The Morgan fingerprint density at radius 3 is 1.92 bits per heavy atom. The van der Waals surface area contributed by atoms with Crippen LogP contribution in [-0.4, -0.2) is 113 Å². The van der Waals surface area contributed by atoms with Crippen molar-refractivity contribution in [2.75, 3.05) is 39.3 Å². The maximum atomic E-state index is 13.5. The minimum Gasteiger partial charge on any atom is -0.479 e. The van der Waals surface area contributed by atoms with E-state index in [9.17, 15) is 37.2 Å². The zero-order chi connectivity index (χ0) is 72.9. The van der Waals surface area contributed by atoms with Crippen molar-refractivity contribution in [1.29, 1.82) is 0 Å². The Morgan fingerprint density at radius 1 is 0.733 bits per heavy atom. The van der Waals surface area contributed by atoms with Crippen molar-refractivity contribution in [2.45, 2.75) is 125 Å². The first-order chi connectivity index (χ1) is 48.2. The molecule has 3 aliphatic rings. The number of rotatable bonds is 18. The average molecular weight is 1420 g/mol. The van der Waals surface area contributed by atoms with Crippen LogP contribution in [0.2, 0.25) is 5.02 Å². The number of nitrogens with one attached hydrogen (secondary N) is 1. The first-order valence-corrected chi connectivity index (χ1v) is 35.3. The smallest absolute Gasteiger partial charge is 0.400 e. The fourth-order valence-corrected chi connectivity index (χ4v) is 12.5. The summed E-state index contributed by atoms with van der Waals surface area (Å²) >= 11 is 5.91. The molecule has 0 radical (unpaired) electrons. The van der Waals surface area contributed by atoms with Gasteiger partial charge >= 0.3 is 24.0 Å². The van der Waals surface area contributed by atoms with Gasteiger partial charge in [-0.1, -0.05) is 114 Å². The SMILES string of the molecule is CCOC(=O)C1=NOC(c2ccccc2)(c2ccccc2)C1.CCOC(=O)[C@@H](C)Oc1ccc(Oc2nc3ccc(Cl)cc3o2)cc1.CCc1cc(C)cc(CC)c1-c1c(OC(=O)C(C)(C)C)n2n(c1=O)CCOCC2.Cc1c(C(=O)c2c[nH]n(C)c2=O)ccc(S(C)(=O)=O)c1C1=NOCC1. The fourth-order valence-electron chi connectivity index (χ4n) is 11.4. The van der Waals surface area contributed by atoms with E-state index in [2.05, 4.69) is 53.3 Å². The molecule has 0 bridgehead atoms. The molecule has 3 aromatic heterocycles. The van der Waals surface area contributed by atoms with Gasteiger partial charge in [0.2, 0.25) is 5.88 Å². The van der Waals surface area contributed by atoms with Crippen molar-refractivity contribution < 1.29 is 70.1 Å². The van der Waals surface area contributed by atoms with E-state index in [-0.39, 0.29) is 33.6 Å². The van der Waals surface area contributed by atoms with Crippen LogP contribution in [0.3, 0.4) is 0 Å². The largest absolute Gasteiger partial charge is 0.479 e. The van der Waals surface area contributed by atoms with Crippen molar-refractivity contribution in [3.05, 3.63) is 209 Å². The maximum Gasteiger partial charge on any atom is 0.400 e. The normalized spacial score (nSPS) is 14.1. The number of hydrogen-bond donors (Lipinski definition) is 1. The number of aromatic amines is 1. The zero-order valence-corrected chi connectivity index (χ0v) is 60.0. The molecule has 0 fully saturated rings. The number of carbonyl (C=O) groups excluding carboxylic acids is 4. The molecule has 3 aliphatic heterocycles. The number of nitrogens with zero attached hydrogens (tertiary/aromatic N) is 6. The van der Waals surface area contributed by atoms with Gasteiger partial charge in [0.25, 0.3) is 11.1 Å². The number of H-pyrrole nitrogens is 1. The quantitative estimate of drug-likeness (QED) is 0.0616. The van der Waals surface area contributed by atoms with Crippen LogP contribution in [0.1, 0.15) is 123 Å². The molecule has 12 rings (SSSR count). The third kappa shape index (κ3) is 17.4. The number of ether oxygens (including phenoxy) is 6. The van der Waals surface area contributed by atoms with Gasteiger partial charge in [-0.05, 0) is 139 Å². The van der Waals surface area contributed by atoms with E-state index in [0.29, 0.717) is 121 Å². The lowest BCUT2D eigenvalue weighted by atomic mass is 9.82. The molecule has 0 unspecified atom stereocenters. The van der Waals surface area contributed by atoms with Crippen LogP contribution in [0.4, 0.5) is 0 Å². The predicted molar refractivity (Wildman–Crippen MR) is 380 cm³/mol. The molecule has 0 amide bonds. The summed E-state index contributed by atoms with van der Waals surface area (Å²) in [5.41, 5.74) is 7.77. The monoisotopic (exact) mass is 1420 g/mol. The Kier molecular flexibility index (Phi) is 24.3. The van der Waals surface area contributed by atoms with Crippen LogP contribution in [-0.2, 0) is 86.7 Å². The first kappa shape index (κ1) is 74.8. The summed E-state index contributed by atoms with van der Waals surface area (Å²) in [6.07, 6.45) is 4.27. The van der Waals surface area contributed by atoms with Gasteiger partial charge < -0.3 is 47.6 Å². The summed E-state index contributed by atoms with van der Waals surface area (Å²) in [5.74, 6) is -0.267. The number of oxazole rings is 1. The molecule has 0 saturated carbocycles. The summed E-state index contributed by atoms with van der Waals surface area (Å²) in [6, 6.07) is 38.6. The highest BCUT2D eigenvalue weighted by Gasteiger charge is 2.45. The van der Waals surface area contributed by atoms with E-state index < -0.39 is 50.2 Å². The standard InChI is InChI=1S/C23H32N2O4.C18H16ClNO5.C18H17NO3.C16H17N3O5S/c1-7-16-13-15(3)14-17(8-2)18(16)19-20(26)24-9-11-28-12-10-25(24)21(19)29-22(27)23(4,5)6;1-3-22-17(21)11(2)23-13-5-7-14(8-6-13)24-18-20-15-9-4-12(19)10-16(15)25-18;1-2-21-17(20)16-13-18(22-19-16,14-9-5-3-6-10-14)15-11-7-4-8-12-15;1-9-10(15(20)11-8-17-19(2)16(11)21)4-5-13(25(3,22)23)14(9)12-6-7-24-18-12/h13-14H,7-12H2,1-6H3;4-11H,3H2,1-2H3;3-12H,2,13H2,1H3;4-5,8,17H,6-7H2,1-3H3/t;11-;;/m.1../s1. The van der Waals surface area contributed by atoms with E-state index in [1.54, 1.807) is 79.5 Å². The van der Waals surface area contributed by atoms with Crippen LogP contribution in [0.15, 0.2) is 163 Å². The van der Waals surface area contributed by atoms with Gasteiger partial charge in [0.15, 0.2) is 38.6 Å². The summed E-state index contributed by atoms with van der Waals surface area (Å²) in [5, 5.41) is 11.1. The molecule has 6 aromatic carbocycles. The lowest BCUT2D eigenvalue weighted by Crippen LogP contribution is -2.29. The summed E-state index contributed by atoms with van der Waals surface area (Å²) in [6.45, 7) is 21.3. The number of carbonyl (C=O) groups is 4. The zero-order valence-electron chi connectivity index (χ0n) is 58.5. The third-order valence-electron chi connectivity index (χ3n) is 16.5. The number of aryl methyl sites for hydroxylation is 4. The topological polar surface area (TPSA) is 292 Å². The van der Waals surface area contributed by atoms with Gasteiger partial charge in [0, 0.05) is 59.3 Å². The van der Waals surface area contributed by atoms with Gasteiger partial charge in [-0.15, -0.1) is 0 Å². The van der Waals surface area contributed by atoms with Crippen molar-refractivity contribution in [3.8, 4) is 34.6 Å². The number of benzene rings is 6. The Balaban J connectivity index is 0.000000157. The highest BCUT2D eigenvalue weighted by Crippen LogP contribution is 2.42. The molecule has 0 spiro atoms. The molecule has 1 atom stereocenters. The number of halogens is 1.